The molecule has 6 nitrogen and oxygen atoms in total. The molecule has 2 aromatic rings. The van der Waals surface area contributed by atoms with Gasteiger partial charge in [0.25, 0.3) is 5.91 Å². The van der Waals surface area contributed by atoms with Gasteiger partial charge in [0.05, 0.1) is 12.6 Å². The number of hydrogen-bond acceptors (Lipinski definition) is 3. The van der Waals surface area contributed by atoms with E-state index in [9.17, 15) is 4.79 Å². The molecule has 1 amide bonds. The molecule has 1 saturated heterocycles. The van der Waals surface area contributed by atoms with Crippen molar-refractivity contribution in [3.63, 3.8) is 0 Å². The number of aliphatic imine (C=N–C) groups is 1. The monoisotopic (exact) mass is 436 g/mol. The van der Waals surface area contributed by atoms with Crippen LogP contribution in [0.1, 0.15) is 55.1 Å². The van der Waals surface area contributed by atoms with Crippen molar-refractivity contribution in [2.45, 2.75) is 51.7 Å². The van der Waals surface area contributed by atoms with Crippen LogP contribution in [0.15, 0.2) is 59.6 Å². The third-order valence-corrected chi connectivity index (χ3v) is 5.72. The van der Waals surface area contributed by atoms with Gasteiger partial charge in [-0.1, -0.05) is 56.3 Å². The van der Waals surface area contributed by atoms with Gasteiger partial charge in [-0.05, 0) is 43.0 Å². The molecule has 6 heteroatoms. The average molecular weight is 437 g/mol. The topological polar surface area (TPSA) is 74.8 Å². The highest BCUT2D eigenvalue weighted by atomic mass is 16.5. The van der Waals surface area contributed by atoms with Crippen LogP contribution < -0.4 is 16.0 Å². The standard InChI is InChI=1S/C26H36N4O2/c1-4-27-25(30-19-26(2,3)22-12-6-5-7-13-22)29-17-20-10-8-11-21(16-20)24(31)28-18-23-14-9-15-32-23/h5-8,10-13,16,23H,4,9,14-15,17-19H2,1-3H3,(H,28,31)(H2,27,29,30). The molecule has 0 spiro atoms. The van der Waals surface area contributed by atoms with E-state index in [1.165, 1.54) is 5.56 Å². The Labute approximate surface area is 191 Å². The zero-order valence-electron chi connectivity index (χ0n) is 19.5. The van der Waals surface area contributed by atoms with Crippen LogP contribution in [0.4, 0.5) is 0 Å². The molecule has 3 N–H and O–H groups in total. The van der Waals surface area contributed by atoms with Gasteiger partial charge >= 0.3 is 0 Å². The Morgan fingerprint density at radius 3 is 2.62 bits per heavy atom. The predicted molar refractivity (Wildman–Crippen MR) is 130 cm³/mol. The van der Waals surface area contributed by atoms with Crippen molar-refractivity contribution in [1.29, 1.82) is 0 Å². The minimum atomic E-state index is -0.0685. The van der Waals surface area contributed by atoms with Crippen LogP contribution in [0.5, 0.6) is 0 Å². The van der Waals surface area contributed by atoms with Crippen molar-refractivity contribution in [3.8, 4) is 0 Å². The van der Waals surface area contributed by atoms with Gasteiger partial charge in [-0.25, -0.2) is 4.99 Å². The lowest BCUT2D eigenvalue weighted by atomic mass is 9.85. The summed E-state index contributed by atoms with van der Waals surface area (Å²) in [5, 5.41) is 9.76. The molecule has 2 aromatic carbocycles. The maximum Gasteiger partial charge on any atom is 0.251 e. The highest BCUT2D eigenvalue weighted by Gasteiger charge is 2.20. The molecule has 3 rings (SSSR count). The van der Waals surface area contributed by atoms with Crippen LogP contribution in [-0.4, -0.2) is 44.2 Å². The molecule has 1 heterocycles. The van der Waals surface area contributed by atoms with Gasteiger partial charge < -0.3 is 20.7 Å². The Hall–Kier alpha value is -2.86. The second-order valence-corrected chi connectivity index (χ2v) is 8.84. The number of ether oxygens (including phenoxy) is 1. The quantitative estimate of drug-likeness (QED) is 0.415. The third-order valence-electron chi connectivity index (χ3n) is 5.72. The Bertz CT molecular complexity index is 890. The molecule has 0 aromatic heterocycles. The molecule has 1 aliphatic rings. The van der Waals surface area contributed by atoms with E-state index in [0.717, 1.165) is 44.1 Å². The number of hydrogen-bond donors (Lipinski definition) is 3. The predicted octanol–water partition coefficient (Wildman–Crippen LogP) is 3.63. The minimum Gasteiger partial charge on any atom is -0.376 e. The lowest BCUT2D eigenvalue weighted by Crippen LogP contribution is -2.43. The van der Waals surface area contributed by atoms with E-state index in [1.807, 2.05) is 30.3 Å². The van der Waals surface area contributed by atoms with Crippen molar-refractivity contribution in [3.05, 3.63) is 71.3 Å². The Balaban J connectivity index is 1.58. The summed E-state index contributed by atoms with van der Waals surface area (Å²) in [5.41, 5.74) is 2.90. The summed E-state index contributed by atoms with van der Waals surface area (Å²) in [7, 11) is 0. The van der Waals surface area contributed by atoms with Gasteiger partial charge in [-0.3, -0.25) is 4.79 Å². The molecule has 1 aliphatic heterocycles. The number of benzene rings is 2. The maximum atomic E-state index is 12.5. The number of carbonyl (C=O) groups is 1. The fourth-order valence-corrected chi connectivity index (χ4v) is 3.73. The maximum absolute atomic E-state index is 12.5. The van der Waals surface area contributed by atoms with Crippen molar-refractivity contribution in [2.75, 3.05) is 26.2 Å². The summed E-state index contributed by atoms with van der Waals surface area (Å²) < 4.78 is 5.58. The molecule has 1 unspecified atom stereocenters. The zero-order valence-corrected chi connectivity index (χ0v) is 19.5. The van der Waals surface area contributed by atoms with E-state index in [0.29, 0.717) is 18.7 Å². The molecule has 172 valence electrons. The van der Waals surface area contributed by atoms with Crippen LogP contribution >= 0.6 is 0 Å². The summed E-state index contributed by atoms with van der Waals surface area (Å²) in [6.07, 6.45) is 2.22. The highest BCUT2D eigenvalue weighted by molar-refractivity contribution is 5.94. The van der Waals surface area contributed by atoms with E-state index >= 15 is 0 Å². The Morgan fingerprint density at radius 1 is 1.09 bits per heavy atom. The second-order valence-electron chi connectivity index (χ2n) is 8.84. The normalized spacial score (nSPS) is 16.6. The number of nitrogens with zero attached hydrogens (tertiary/aromatic N) is 1. The summed E-state index contributed by atoms with van der Waals surface area (Å²) in [4.78, 5) is 17.2. The zero-order chi connectivity index (χ0) is 22.8. The fourth-order valence-electron chi connectivity index (χ4n) is 3.73. The Morgan fingerprint density at radius 2 is 1.91 bits per heavy atom. The van der Waals surface area contributed by atoms with Gasteiger partial charge in [0.2, 0.25) is 0 Å². The molecule has 1 atom stereocenters. The van der Waals surface area contributed by atoms with Crippen LogP contribution in [0.3, 0.4) is 0 Å². The van der Waals surface area contributed by atoms with Gasteiger partial charge in [-0.2, -0.15) is 0 Å². The molecule has 0 saturated carbocycles. The number of nitrogens with one attached hydrogen (secondary N) is 3. The largest absolute Gasteiger partial charge is 0.376 e. The SMILES string of the molecule is CCNC(=NCc1cccc(C(=O)NCC2CCCO2)c1)NCC(C)(C)c1ccccc1. The van der Waals surface area contributed by atoms with Gasteiger partial charge in [0, 0.05) is 37.2 Å². The molecule has 0 bridgehead atoms. The summed E-state index contributed by atoms with van der Waals surface area (Å²) in [5.74, 6) is 0.700. The minimum absolute atomic E-state index is 0.0293. The first-order valence-corrected chi connectivity index (χ1v) is 11.5. The number of carbonyl (C=O) groups excluding carboxylic acids is 1. The molecular formula is C26H36N4O2. The number of guanidine groups is 1. The van der Waals surface area contributed by atoms with Crippen LogP contribution in [-0.2, 0) is 16.7 Å². The first kappa shape index (κ1) is 23.8. The summed E-state index contributed by atoms with van der Waals surface area (Å²) >= 11 is 0. The van der Waals surface area contributed by atoms with Crippen molar-refractivity contribution in [2.24, 2.45) is 4.99 Å². The molecule has 32 heavy (non-hydrogen) atoms. The van der Waals surface area contributed by atoms with Crippen LogP contribution in [0.2, 0.25) is 0 Å². The number of rotatable bonds is 9. The van der Waals surface area contributed by atoms with Crippen LogP contribution in [0, 0.1) is 0 Å². The van der Waals surface area contributed by atoms with E-state index in [4.69, 9.17) is 9.73 Å². The average Bonchev–Trinajstić information content (AvgIpc) is 3.34. The van der Waals surface area contributed by atoms with E-state index in [2.05, 4.69) is 61.0 Å². The smallest absolute Gasteiger partial charge is 0.251 e. The molecule has 0 aliphatic carbocycles. The van der Waals surface area contributed by atoms with Crippen LogP contribution in [0.25, 0.3) is 0 Å². The van der Waals surface area contributed by atoms with Gasteiger partial charge in [-0.15, -0.1) is 0 Å². The van der Waals surface area contributed by atoms with Crippen molar-refractivity contribution in [1.82, 2.24) is 16.0 Å². The Kier molecular flexibility index (Phi) is 8.68. The summed E-state index contributed by atoms with van der Waals surface area (Å²) in [6, 6.07) is 18.1. The lowest BCUT2D eigenvalue weighted by Gasteiger charge is -2.26. The van der Waals surface area contributed by atoms with Crippen molar-refractivity contribution < 1.29 is 9.53 Å². The van der Waals surface area contributed by atoms with Gasteiger partial charge in [0.15, 0.2) is 5.96 Å². The lowest BCUT2D eigenvalue weighted by molar-refractivity contribution is 0.0857. The molecule has 1 fully saturated rings. The van der Waals surface area contributed by atoms with E-state index in [-0.39, 0.29) is 17.4 Å². The fraction of sp³-hybridized carbons (Fsp3) is 0.462. The van der Waals surface area contributed by atoms with Gasteiger partial charge in [0.1, 0.15) is 0 Å². The highest BCUT2D eigenvalue weighted by Crippen LogP contribution is 2.21. The first-order chi connectivity index (χ1) is 15.5. The molecule has 0 radical (unpaired) electrons. The second kappa shape index (κ2) is 11.7. The van der Waals surface area contributed by atoms with E-state index in [1.54, 1.807) is 0 Å². The van der Waals surface area contributed by atoms with Crippen molar-refractivity contribution >= 4 is 11.9 Å². The number of amides is 1. The van der Waals surface area contributed by atoms with E-state index < -0.39 is 0 Å². The molecular weight excluding hydrogens is 400 g/mol. The summed E-state index contributed by atoms with van der Waals surface area (Å²) in [6.45, 7) is 9.88. The third kappa shape index (κ3) is 7.09. The first-order valence-electron chi connectivity index (χ1n) is 11.5.